The number of aryl methyl sites for hydroxylation is 1. The molecule has 0 spiro atoms. The molecule has 2 rings (SSSR count). The number of halogens is 1. The Bertz CT molecular complexity index is 427. The maximum Gasteiger partial charge on any atom is 0.222 e. The van der Waals surface area contributed by atoms with E-state index >= 15 is 0 Å². The second-order valence-electron chi connectivity index (χ2n) is 5.61. The van der Waals surface area contributed by atoms with Crippen molar-refractivity contribution in [1.29, 1.82) is 0 Å². The predicted octanol–water partition coefficient (Wildman–Crippen LogP) is 2.84. The highest BCUT2D eigenvalue weighted by Crippen LogP contribution is 2.13. The molecule has 1 heterocycles. The smallest absolute Gasteiger partial charge is 0.222 e. The third-order valence-electron chi connectivity index (χ3n) is 3.89. The first-order valence-electron chi connectivity index (χ1n) is 7.34. The minimum absolute atomic E-state index is 0.272. The molecule has 0 saturated carbocycles. The number of hydrogen-bond acceptors (Lipinski definition) is 2. The fraction of sp³-hybridized carbons (Fsp3) is 0.562. The molecule has 0 bridgehead atoms. The number of rotatable bonds is 6. The monoisotopic (exact) mass is 338 g/mol. The van der Waals surface area contributed by atoms with Crippen molar-refractivity contribution in [3.05, 3.63) is 34.3 Å². The Morgan fingerprint density at radius 2 is 2.15 bits per heavy atom. The van der Waals surface area contributed by atoms with Crippen LogP contribution in [0.1, 0.15) is 24.8 Å². The van der Waals surface area contributed by atoms with E-state index in [1.807, 2.05) is 11.9 Å². The van der Waals surface area contributed by atoms with Gasteiger partial charge in [0.05, 0.1) is 0 Å². The lowest BCUT2D eigenvalue weighted by atomic mass is 10.1. The van der Waals surface area contributed by atoms with Gasteiger partial charge in [-0.25, -0.2) is 0 Å². The van der Waals surface area contributed by atoms with Crippen molar-refractivity contribution in [2.45, 2.75) is 25.7 Å². The van der Waals surface area contributed by atoms with Crippen molar-refractivity contribution in [3.8, 4) is 0 Å². The van der Waals surface area contributed by atoms with Crippen molar-refractivity contribution < 1.29 is 4.79 Å². The van der Waals surface area contributed by atoms with Gasteiger partial charge in [-0.2, -0.15) is 0 Å². The molecule has 20 heavy (non-hydrogen) atoms. The first kappa shape index (κ1) is 15.5. The topological polar surface area (TPSA) is 32.3 Å². The highest BCUT2D eigenvalue weighted by molar-refractivity contribution is 9.10. The van der Waals surface area contributed by atoms with Gasteiger partial charge >= 0.3 is 0 Å². The second kappa shape index (κ2) is 7.79. The van der Waals surface area contributed by atoms with Gasteiger partial charge in [-0.1, -0.05) is 28.1 Å². The van der Waals surface area contributed by atoms with Crippen LogP contribution in [0.25, 0.3) is 0 Å². The van der Waals surface area contributed by atoms with E-state index in [9.17, 15) is 4.79 Å². The van der Waals surface area contributed by atoms with Crippen LogP contribution in [0.3, 0.4) is 0 Å². The van der Waals surface area contributed by atoms with Crippen LogP contribution in [-0.2, 0) is 11.2 Å². The molecule has 1 aromatic carbocycles. The molecule has 0 aliphatic carbocycles. The summed E-state index contributed by atoms with van der Waals surface area (Å²) in [5.74, 6) is 0.907. The largest absolute Gasteiger partial charge is 0.345 e. The summed E-state index contributed by atoms with van der Waals surface area (Å²) >= 11 is 3.43. The van der Waals surface area contributed by atoms with Crippen LogP contribution in [0.4, 0.5) is 0 Å². The number of carbonyl (C=O) groups is 1. The Kier molecular flexibility index (Phi) is 6.05. The molecule has 110 valence electrons. The Hall–Kier alpha value is -0.870. The minimum Gasteiger partial charge on any atom is -0.345 e. The summed E-state index contributed by atoms with van der Waals surface area (Å²) < 4.78 is 1.10. The van der Waals surface area contributed by atoms with Crippen LogP contribution >= 0.6 is 15.9 Å². The summed E-state index contributed by atoms with van der Waals surface area (Å²) in [5.41, 5.74) is 1.30. The number of nitrogens with one attached hydrogen (secondary N) is 1. The van der Waals surface area contributed by atoms with E-state index in [4.69, 9.17) is 0 Å². The first-order chi connectivity index (χ1) is 9.65. The van der Waals surface area contributed by atoms with E-state index < -0.39 is 0 Å². The standard InChI is InChI=1S/C16H23BrN2O/c1-19(12-14-9-10-18-11-14)16(20)4-2-3-13-5-7-15(17)8-6-13/h5-8,14,18H,2-4,9-12H2,1H3. The first-order valence-corrected chi connectivity index (χ1v) is 8.13. The minimum atomic E-state index is 0.272. The van der Waals surface area contributed by atoms with Crippen LogP contribution in [0, 0.1) is 5.92 Å². The van der Waals surface area contributed by atoms with Gasteiger partial charge in [-0.05, 0) is 56.0 Å². The van der Waals surface area contributed by atoms with E-state index in [0.717, 1.165) is 36.9 Å². The molecule has 1 N–H and O–H groups in total. The molecule has 1 unspecified atom stereocenters. The maximum absolute atomic E-state index is 12.1. The average molecular weight is 339 g/mol. The van der Waals surface area contributed by atoms with Crippen LogP contribution in [0.5, 0.6) is 0 Å². The third-order valence-corrected chi connectivity index (χ3v) is 4.42. The van der Waals surface area contributed by atoms with Crippen molar-refractivity contribution in [2.24, 2.45) is 5.92 Å². The molecular weight excluding hydrogens is 316 g/mol. The zero-order valence-corrected chi connectivity index (χ0v) is 13.7. The number of carbonyl (C=O) groups excluding carboxylic acids is 1. The molecule has 4 heteroatoms. The number of benzene rings is 1. The lowest BCUT2D eigenvalue weighted by Gasteiger charge is -2.20. The molecule has 3 nitrogen and oxygen atoms in total. The van der Waals surface area contributed by atoms with Gasteiger partial charge in [0.1, 0.15) is 0 Å². The van der Waals surface area contributed by atoms with Gasteiger partial charge in [0.15, 0.2) is 0 Å². The Morgan fingerprint density at radius 3 is 2.80 bits per heavy atom. The maximum atomic E-state index is 12.1. The van der Waals surface area contributed by atoms with E-state index in [-0.39, 0.29) is 5.91 Å². The molecule has 1 aromatic rings. The number of amides is 1. The van der Waals surface area contributed by atoms with Gasteiger partial charge in [-0.15, -0.1) is 0 Å². The van der Waals surface area contributed by atoms with Gasteiger partial charge in [0.25, 0.3) is 0 Å². The molecular formula is C16H23BrN2O. The van der Waals surface area contributed by atoms with Crippen LogP contribution < -0.4 is 5.32 Å². The van der Waals surface area contributed by atoms with E-state index in [0.29, 0.717) is 12.3 Å². The predicted molar refractivity (Wildman–Crippen MR) is 85.7 cm³/mol. The molecule has 1 amide bonds. The summed E-state index contributed by atoms with van der Waals surface area (Å²) in [4.78, 5) is 14.0. The van der Waals surface area contributed by atoms with Gasteiger partial charge in [-0.3, -0.25) is 4.79 Å². The fourth-order valence-electron chi connectivity index (χ4n) is 2.65. The normalized spacial score (nSPS) is 18.2. The van der Waals surface area contributed by atoms with Gasteiger partial charge in [0.2, 0.25) is 5.91 Å². The Balaban J connectivity index is 1.67. The van der Waals surface area contributed by atoms with Crippen molar-refractivity contribution in [2.75, 3.05) is 26.7 Å². The van der Waals surface area contributed by atoms with E-state index in [1.54, 1.807) is 0 Å². The summed E-state index contributed by atoms with van der Waals surface area (Å²) in [7, 11) is 1.93. The highest BCUT2D eigenvalue weighted by atomic mass is 79.9. The molecule has 1 aliphatic rings. The molecule has 1 atom stereocenters. The fourth-order valence-corrected chi connectivity index (χ4v) is 2.91. The van der Waals surface area contributed by atoms with E-state index in [1.165, 1.54) is 12.0 Å². The van der Waals surface area contributed by atoms with Crippen LogP contribution in [-0.4, -0.2) is 37.5 Å². The van der Waals surface area contributed by atoms with Gasteiger partial charge in [0, 0.05) is 24.5 Å². The highest BCUT2D eigenvalue weighted by Gasteiger charge is 2.18. The summed E-state index contributed by atoms with van der Waals surface area (Å²) in [6, 6.07) is 8.33. The zero-order valence-electron chi connectivity index (χ0n) is 12.1. The molecule has 1 saturated heterocycles. The van der Waals surface area contributed by atoms with Crippen molar-refractivity contribution >= 4 is 21.8 Å². The number of nitrogens with zero attached hydrogens (tertiary/aromatic N) is 1. The van der Waals surface area contributed by atoms with E-state index in [2.05, 4.69) is 45.5 Å². The lowest BCUT2D eigenvalue weighted by molar-refractivity contribution is -0.130. The molecule has 1 aliphatic heterocycles. The molecule has 0 aromatic heterocycles. The third kappa shape index (κ3) is 4.91. The van der Waals surface area contributed by atoms with Gasteiger partial charge < -0.3 is 10.2 Å². The Morgan fingerprint density at radius 1 is 1.40 bits per heavy atom. The molecule has 0 radical (unpaired) electrons. The quantitative estimate of drug-likeness (QED) is 0.864. The van der Waals surface area contributed by atoms with Crippen LogP contribution in [0.15, 0.2) is 28.7 Å². The second-order valence-corrected chi connectivity index (χ2v) is 6.53. The summed E-state index contributed by atoms with van der Waals surface area (Å²) in [6.07, 6.45) is 3.73. The van der Waals surface area contributed by atoms with Crippen LogP contribution in [0.2, 0.25) is 0 Å². The average Bonchev–Trinajstić information content (AvgIpc) is 2.93. The summed E-state index contributed by atoms with van der Waals surface area (Å²) in [6.45, 7) is 3.04. The number of hydrogen-bond donors (Lipinski definition) is 1. The Labute approximate surface area is 129 Å². The van der Waals surface area contributed by atoms with Crippen molar-refractivity contribution in [1.82, 2.24) is 10.2 Å². The molecule has 1 fully saturated rings. The van der Waals surface area contributed by atoms with Crippen molar-refractivity contribution in [3.63, 3.8) is 0 Å². The summed E-state index contributed by atoms with van der Waals surface area (Å²) in [5, 5.41) is 3.34. The SMILES string of the molecule is CN(CC1CCNC1)C(=O)CCCc1ccc(Br)cc1. The lowest BCUT2D eigenvalue weighted by Crippen LogP contribution is -2.32. The zero-order chi connectivity index (χ0) is 14.4.